The van der Waals surface area contributed by atoms with E-state index in [1.165, 1.54) is 0 Å². The molecule has 9 heteroatoms. The van der Waals surface area contributed by atoms with Crippen LogP contribution in [0.5, 0.6) is 0 Å². The predicted molar refractivity (Wildman–Crippen MR) is 76.5 cm³/mol. The van der Waals surface area contributed by atoms with Gasteiger partial charge in [0.2, 0.25) is 0 Å². The van der Waals surface area contributed by atoms with Gasteiger partial charge in [-0.25, -0.2) is 0 Å². The monoisotopic (exact) mass is 311 g/mol. The van der Waals surface area contributed by atoms with Crippen LogP contribution in [0.15, 0.2) is 23.9 Å². The molecule has 21 heavy (non-hydrogen) atoms. The largest absolute Gasteiger partial charge is 0.363 e. The minimum atomic E-state index is -0.216. The predicted octanol–water partition coefficient (Wildman–Crippen LogP) is -0.880. The smallest absolute Gasteiger partial charge is 0.280 e. The Hall–Kier alpha value is -1.50. The average molecular weight is 311 g/mol. The second-order valence-electron chi connectivity index (χ2n) is 5.39. The van der Waals surface area contributed by atoms with Gasteiger partial charge in [-0.15, -0.1) is 0 Å². The van der Waals surface area contributed by atoms with Crippen LogP contribution in [0.4, 0.5) is 0 Å². The van der Waals surface area contributed by atoms with Gasteiger partial charge in [0.05, 0.1) is 19.4 Å². The summed E-state index contributed by atoms with van der Waals surface area (Å²) in [5.74, 6) is 0.787. The zero-order valence-electron chi connectivity index (χ0n) is 11.4. The summed E-state index contributed by atoms with van der Waals surface area (Å²) in [6.07, 6.45) is 5.25. The lowest BCUT2D eigenvalue weighted by molar-refractivity contribution is -0.128. The Bertz CT molecular complexity index is 525. The molecule has 1 amide bonds. The van der Waals surface area contributed by atoms with E-state index in [4.69, 9.17) is 9.26 Å². The molecule has 0 bridgehead atoms. The average Bonchev–Trinajstić information content (AvgIpc) is 3.17. The summed E-state index contributed by atoms with van der Waals surface area (Å²) >= 11 is 0. The normalized spacial score (nSPS) is 33.8. The lowest BCUT2D eigenvalue weighted by Gasteiger charge is -2.35. The third kappa shape index (κ3) is 2.06. The Kier molecular flexibility index (Phi) is 3.17. The van der Waals surface area contributed by atoms with Crippen molar-refractivity contribution in [2.45, 2.75) is 31.5 Å². The first-order chi connectivity index (χ1) is 10.3. The Morgan fingerprint density at radius 2 is 2.38 bits per heavy atom. The fourth-order valence-corrected chi connectivity index (χ4v) is 3.34. The summed E-state index contributed by atoms with van der Waals surface area (Å²) in [7, 11) is 2.25. The molecular formula is C12H18N5O3P. The second-order valence-corrected chi connectivity index (χ2v) is 5.73. The van der Waals surface area contributed by atoms with Gasteiger partial charge in [-0.2, -0.15) is 0 Å². The standard InChI is InChI=1S/C12H18N5O3P/c18-11-9-10(15-12-13-3-4-16(11)12)17(6-14-9)8-2-1-7(20-8)5-19-21/h3-4,7-8,12-15H,1-2,5-6,21H2/t7-,8+,12?/m0/s1. The summed E-state index contributed by atoms with van der Waals surface area (Å²) < 4.78 is 11.1. The van der Waals surface area contributed by atoms with Gasteiger partial charge in [0.25, 0.3) is 5.91 Å². The Balaban J connectivity index is 1.52. The van der Waals surface area contributed by atoms with Crippen LogP contribution in [0, 0.1) is 0 Å². The zero-order chi connectivity index (χ0) is 14.4. The van der Waals surface area contributed by atoms with Crippen LogP contribution in [0.2, 0.25) is 0 Å². The van der Waals surface area contributed by atoms with Crippen LogP contribution >= 0.6 is 9.47 Å². The van der Waals surface area contributed by atoms with Crippen LogP contribution in [0.25, 0.3) is 0 Å². The highest BCUT2D eigenvalue weighted by molar-refractivity contribution is 7.09. The number of hydrogen-bond acceptors (Lipinski definition) is 7. The minimum Gasteiger partial charge on any atom is -0.363 e. The molecule has 4 rings (SSSR count). The van der Waals surface area contributed by atoms with Crippen LogP contribution in [0.3, 0.4) is 0 Å². The number of carbonyl (C=O) groups is 1. The fourth-order valence-electron chi connectivity index (χ4n) is 3.13. The maximum absolute atomic E-state index is 12.4. The van der Waals surface area contributed by atoms with Crippen LogP contribution < -0.4 is 16.0 Å². The number of nitrogens with zero attached hydrogens (tertiary/aromatic N) is 2. The van der Waals surface area contributed by atoms with E-state index >= 15 is 0 Å². The molecule has 0 aromatic heterocycles. The summed E-state index contributed by atoms with van der Waals surface area (Å²) in [6, 6.07) is 0. The van der Waals surface area contributed by atoms with Crippen molar-refractivity contribution >= 4 is 15.4 Å². The van der Waals surface area contributed by atoms with E-state index in [-0.39, 0.29) is 24.5 Å². The number of hydrogen-bond donors (Lipinski definition) is 3. The van der Waals surface area contributed by atoms with E-state index < -0.39 is 0 Å². The molecule has 0 radical (unpaired) electrons. The molecule has 0 aromatic rings. The molecule has 114 valence electrons. The third-order valence-electron chi connectivity index (χ3n) is 4.15. The maximum Gasteiger partial charge on any atom is 0.280 e. The maximum atomic E-state index is 12.4. The second kappa shape index (κ2) is 5.05. The van der Waals surface area contributed by atoms with Crippen molar-refractivity contribution in [2.75, 3.05) is 13.3 Å². The van der Waals surface area contributed by atoms with E-state index in [1.54, 1.807) is 17.3 Å². The minimum absolute atomic E-state index is 0.0275. The highest BCUT2D eigenvalue weighted by Gasteiger charge is 2.43. The molecule has 8 nitrogen and oxygen atoms in total. The number of amides is 1. The van der Waals surface area contributed by atoms with Gasteiger partial charge in [-0.3, -0.25) is 9.69 Å². The lowest BCUT2D eigenvalue weighted by Crippen LogP contribution is -2.56. The number of fused-ring (bicyclic) bond motifs is 1. The molecule has 4 heterocycles. The first kappa shape index (κ1) is 13.2. The van der Waals surface area contributed by atoms with E-state index in [0.717, 1.165) is 18.7 Å². The Morgan fingerprint density at radius 1 is 1.48 bits per heavy atom. The molecule has 4 atom stereocenters. The third-order valence-corrected chi connectivity index (χ3v) is 4.35. The summed E-state index contributed by atoms with van der Waals surface area (Å²) in [4.78, 5) is 16.1. The van der Waals surface area contributed by atoms with Crippen LogP contribution in [-0.2, 0) is 14.1 Å². The topological polar surface area (TPSA) is 78.1 Å². The van der Waals surface area contributed by atoms with Gasteiger partial charge in [0, 0.05) is 21.9 Å². The molecule has 1 fully saturated rings. The van der Waals surface area contributed by atoms with Crippen molar-refractivity contribution in [1.29, 1.82) is 0 Å². The summed E-state index contributed by atoms with van der Waals surface area (Å²) in [6.45, 7) is 1.15. The van der Waals surface area contributed by atoms with Gasteiger partial charge < -0.3 is 30.1 Å². The Morgan fingerprint density at radius 3 is 3.24 bits per heavy atom. The quantitative estimate of drug-likeness (QED) is 0.584. The van der Waals surface area contributed by atoms with Crippen LogP contribution in [-0.4, -0.2) is 47.6 Å². The van der Waals surface area contributed by atoms with E-state index in [2.05, 4.69) is 30.3 Å². The van der Waals surface area contributed by atoms with E-state index in [9.17, 15) is 4.79 Å². The molecule has 1 saturated heterocycles. The van der Waals surface area contributed by atoms with Crippen LogP contribution in [0.1, 0.15) is 12.8 Å². The van der Waals surface area contributed by atoms with Gasteiger partial charge in [0.15, 0.2) is 6.29 Å². The highest BCUT2D eigenvalue weighted by atomic mass is 31.0. The van der Waals surface area contributed by atoms with E-state index in [0.29, 0.717) is 19.0 Å². The fraction of sp³-hybridized carbons (Fsp3) is 0.583. The molecule has 0 aliphatic carbocycles. The van der Waals surface area contributed by atoms with E-state index in [1.807, 2.05) is 0 Å². The Labute approximate surface area is 124 Å². The van der Waals surface area contributed by atoms with Gasteiger partial charge in [0.1, 0.15) is 17.7 Å². The first-order valence-electron chi connectivity index (χ1n) is 7.02. The van der Waals surface area contributed by atoms with Crippen molar-refractivity contribution in [3.8, 4) is 0 Å². The van der Waals surface area contributed by atoms with Crippen molar-refractivity contribution < 1.29 is 14.1 Å². The summed E-state index contributed by atoms with van der Waals surface area (Å²) in [5.41, 5.74) is 0.606. The molecule has 2 unspecified atom stereocenters. The van der Waals surface area contributed by atoms with Gasteiger partial charge >= 0.3 is 0 Å². The van der Waals surface area contributed by atoms with Gasteiger partial charge in [-0.05, 0) is 12.8 Å². The lowest BCUT2D eigenvalue weighted by atomic mass is 10.2. The molecule has 0 spiro atoms. The van der Waals surface area contributed by atoms with Crippen molar-refractivity contribution in [3.05, 3.63) is 23.9 Å². The number of carbonyl (C=O) groups excluding carboxylic acids is 1. The molecule has 3 N–H and O–H groups in total. The van der Waals surface area contributed by atoms with Crippen molar-refractivity contribution in [3.63, 3.8) is 0 Å². The number of nitrogens with one attached hydrogen (secondary N) is 3. The molecule has 4 aliphatic heterocycles. The molecule has 0 aromatic carbocycles. The molecule has 0 saturated carbocycles. The summed E-state index contributed by atoms with van der Waals surface area (Å²) in [5, 5.41) is 9.61. The first-order valence-corrected chi connectivity index (χ1v) is 7.49. The molecule has 4 aliphatic rings. The van der Waals surface area contributed by atoms with Crippen molar-refractivity contribution in [2.24, 2.45) is 0 Å². The van der Waals surface area contributed by atoms with Gasteiger partial charge in [-0.1, -0.05) is 0 Å². The zero-order valence-corrected chi connectivity index (χ0v) is 12.6. The molecular weight excluding hydrogens is 293 g/mol. The number of rotatable bonds is 3. The van der Waals surface area contributed by atoms with Crippen molar-refractivity contribution in [1.82, 2.24) is 25.8 Å². The SMILES string of the molecule is O=C1C2=C(NC3NC=CN13)N([C@H]1CC[C@@H](COP)O1)CN2. The highest BCUT2D eigenvalue weighted by Crippen LogP contribution is 2.30. The number of ether oxygens (including phenoxy) is 1.